The number of pyridine rings is 1. The summed E-state index contributed by atoms with van der Waals surface area (Å²) in [6.07, 6.45) is 0.756. The van der Waals surface area contributed by atoms with Crippen molar-refractivity contribution in [3.63, 3.8) is 0 Å². The summed E-state index contributed by atoms with van der Waals surface area (Å²) in [4.78, 5) is 16.4. The van der Waals surface area contributed by atoms with Crippen molar-refractivity contribution < 1.29 is 9.53 Å². The Labute approximate surface area is 152 Å². The Kier molecular flexibility index (Phi) is 6.84. The first kappa shape index (κ1) is 18.8. The molecular weight excluding hydrogens is 334 g/mol. The van der Waals surface area contributed by atoms with Crippen LogP contribution in [-0.2, 0) is 11.2 Å². The van der Waals surface area contributed by atoms with E-state index < -0.39 is 0 Å². The van der Waals surface area contributed by atoms with Crippen molar-refractivity contribution in [1.82, 2.24) is 10.3 Å². The van der Waals surface area contributed by atoms with Crippen LogP contribution in [-0.4, -0.2) is 30.3 Å². The number of rotatable bonds is 7. The van der Waals surface area contributed by atoms with E-state index >= 15 is 0 Å². The Morgan fingerprint density at radius 1 is 1.32 bits per heavy atom. The van der Waals surface area contributed by atoms with Crippen LogP contribution in [0.3, 0.4) is 0 Å². The molecule has 2 aromatic rings. The molecule has 6 heteroatoms. The SMILES string of the molecule is COc1ccc(CCNC(=O)CSc2nc(C)cc(C)c2C#N)cc1. The fourth-order valence-electron chi connectivity index (χ4n) is 2.37. The summed E-state index contributed by atoms with van der Waals surface area (Å²) >= 11 is 1.30. The van der Waals surface area contributed by atoms with Gasteiger partial charge >= 0.3 is 0 Å². The molecule has 0 bridgehead atoms. The molecule has 25 heavy (non-hydrogen) atoms. The van der Waals surface area contributed by atoms with Gasteiger partial charge in [-0.25, -0.2) is 4.98 Å². The fraction of sp³-hybridized carbons (Fsp3) is 0.316. The number of hydrogen-bond donors (Lipinski definition) is 1. The van der Waals surface area contributed by atoms with Crippen molar-refractivity contribution in [1.29, 1.82) is 5.26 Å². The van der Waals surface area contributed by atoms with Crippen molar-refractivity contribution in [3.8, 4) is 11.8 Å². The molecule has 1 aromatic heterocycles. The molecule has 1 amide bonds. The molecule has 0 aliphatic heterocycles. The van der Waals surface area contributed by atoms with Crippen LogP contribution in [0.5, 0.6) is 5.75 Å². The highest BCUT2D eigenvalue weighted by Gasteiger charge is 2.11. The molecule has 0 radical (unpaired) electrons. The van der Waals surface area contributed by atoms with Crippen LogP contribution >= 0.6 is 11.8 Å². The molecule has 130 valence electrons. The van der Waals surface area contributed by atoms with E-state index in [1.165, 1.54) is 11.8 Å². The molecule has 1 aromatic carbocycles. The van der Waals surface area contributed by atoms with Crippen LogP contribution in [0, 0.1) is 25.2 Å². The largest absolute Gasteiger partial charge is 0.497 e. The van der Waals surface area contributed by atoms with Crippen LogP contribution in [0.1, 0.15) is 22.4 Å². The number of methoxy groups -OCH3 is 1. The molecule has 1 N–H and O–H groups in total. The van der Waals surface area contributed by atoms with Gasteiger partial charge in [-0.05, 0) is 49.6 Å². The van der Waals surface area contributed by atoms with Gasteiger partial charge in [0.25, 0.3) is 0 Å². The van der Waals surface area contributed by atoms with E-state index in [1.807, 2.05) is 44.2 Å². The molecule has 0 atom stereocenters. The van der Waals surface area contributed by atoms with Crippen molar-refractivity contribution in [2.75, 3.05) is 19.4 Å². The van der Waals surface area contributed by atoms with E-state index in [-0.39, 0.29) is 11.7 Å². The highest BCUT2D eigenvalue weighted by atomic mass is 32.2. The Balaban J connectivity index is 1.82. The molecule has 0 aliphatic carbocycles. The van der Waals surface area contributed by atoms with Gasteiger partial charge in [0, 0.05) is 12.2 Å². The Morgan fingerprint density at radius 2 is 2.04 bits per heavy atom. The maximum atomic E-state index is 12.0. The smallest absolute Gasteiger partial charge is 0.230 e. The Morgan fingerprint density at radius 3 is 2.68 bits per heavy atom. The minimum Gasteiger partial charge on any atom is -0.497 e. The number of aryl methyl sites for hydroxylation is 2. The second-order valence-electron chi connectivity index (χ2n) is 5.61. The third-order valence-corrected chi connectivity index (χ3v) is 4.63. The van der Waals surface area contributed by atoms with Crippen LogP contribution in [0.2, 0.25) is 0 Å². The molecule has 0 saturated carbocycles. The topological polar surface area (TPSA) is 75.0 Å². The summed E-state index contributed by atoms with van der Waals surface area (Å²) in [5.41, 5.74) is 3.41. The van der Waals surface area contributed by atoms with E-state index in [0.29, 0.717) is 17.1 Å². The number of carbonyl (C=O) groups excluding carboxylic acids is 1. The van der Waals surface area contributed by atoms with Gasteiger partial charge in [-0.3, -0.25) is 4.79 Å². The van der Waals surface area contributed by atoms with Gasteiger partial charge in [0.1, 0.15) is 16.8 Å². The third kappa shape index (κ3) is 5.50. The lowest BCUT2D eigenvalue weighted by molar-refractivity contribution is -0.118. The summed E-state index contributed by atoms with van der Waals surface area (Å²) in [6.45, 7) is 4.33. The zero-order chi connectivity index (χ0) is 18.2. The van der Waals surface area contributed by atoms with Gasteiger partial charge < -0.3 is 10.1 Å². The standard InChI is InChI=1S/C19H21N3O2S/c1-13-10-14(2)22-19(17(13)11-20)25-12-18(23)21-9-8-15-4-6-16(24-3)7-5-15/h4-7,10H,8-9,12H2,1-3H3,(H,21,23). The van der Waals surface area contributed by atoms with Gasteiger partial charge in [0.15, 0.2) is 0 Å². The maximum absolute atomic E-state index is 12.0. The minimum absolute atomic E-state index is 0.0663. The van der Waals surface area contributed by atoms with Gasteiger partial charge in [0.2, 0.25) is 5.91 Å². The van der Waals surface area contributed by atoms with Crippen LogP contribution < -0.4 is 10.1 Å². The van der Waals surface area contributed by atoms with Crippen molar-refractivity contribution in [3.05, 3.63) is 52.7 Å². The first-order chi connectivity index (χ1) is 12.0. The Hall–Kier alpha value is -2.52. The number of hydrogen-bond acceptors (Lipinski definition) is 5. The van der Waals surface area contributed by atoms with Crippen LogP contribution in [0.4, 0.5) is 0 Å². The average Bonchev–Trinajstić information content (AvgIpc) is 2.60. The normalized spacial score (nSPS) is 10.2. The van der Waals surface area contributed by atoms with E-state index in [2.05, 4.69) is 16.4 Å². The van der Waals surface area contributed by atoms with Crippen molar-refractivity contribution in [2.45, 2.75) is 25.3 Å². The number of benzene rings is 1. The molecular formula is C19H21N3O2S. The van der Waals surface area contributed by atoms with E-state index in [4.69, 9.17) is 4.74 Å². The molecule has 0 spiro atoms. The summed E-state index contributed by atoms with van der Waals surface area (Å²) in [5, 5.41) is 12.8. The predicted octanol–water partition coefficient (Wildman–Crippen LogP) is 3.03. The first-order valence-electron chi connectivity index (χ1n) is 7.94. The van der Waals surface area contributed by atoms with Crippen molar-refractivity contribution in [2.24, 2.45) is 0 Å². The van der Waals surface area contributed by atoms with Gasteiger partial charge in [-0.1, -0.05) is 23.9 Å². The summed E-state index contributed by atoms with van der Waals surface area (Å²) in [5.74, 6) is 0.995. The summed E-state index contributed by atoms with van der Waals surface area (Å²) < 4.78 is 5.12. The lowest BCUT2D eigenvalue weighted by Gasteiger charge is -2.08. The number of amides is 1. The highest BCUT2D eigenvalue weighted by Crippen LogP contribution is 2.23. The molecule has 5 nitrogen and oxygen atoms in total. The molecule has 0 unspecified atom stereocenters. The van der Waals surface area contributed by atoms with E-state index in [0.717, 1.165) is 29.0 Å². The Bertz CT molecular complexity index is 782. The molecule has 2 rings (SSSR count). The maximum Gasteiger partial charge on any atom is 0.230 e. The van der Waals surface area contributed by atoms with Gasteiger partial charge in [-0.2, -0.15) is 5.26 Å². The number of nitrogens with one attached hydrogen (secondary N) is 1. The quantitative estimate of drug-likeness (QED) is 0.773. The van der Waals surface area contributed by atoms with E-state index in [9.17, 15) is 10.1 Å². The summed E-state index contributed by atoms with van der Waals surface area (Å²) in [6, 6.07) is 11.8. The number of aromatic nitrogens is 1. The monoisotopic (exact) mass is 355 g/mol. The zero-order valence-electron chi connectivity index (χ0n) is 14.6. The number of nitrogens with zero attached hydrogens (tertiary/aromatic N) is 2. The molecule has 0 saturated heterocycles. The van der Waals surface area contributed by atoms with Crippen molar-refractivity contribution >= 4 is 17.7 Å². The fourth-order valence-corrected chi connectivity index (χ4v) is 3.30. The number of nitriles is 1. The molecule has 1 heterocycles. The number of ether oxygens (including phenoxy) is 1. The highest BCUT2D eigenvalue weighted by molar-refractivity contribution is 8.00. The van der Waals surface area contributed by atoms with Crippen LogP contribution in [0.25, 0.3) is 0 Å². The second kappa shape index (κ2) is 9.09. The molecule has 0 aliphatic rings. The molecule has 0 fully saturated rings. The van der Waals surface area contributed by atoms with E-state index in [1.54, 1.807) is 7.11 Å². The predicted molar refractivity (Wildman–Crippen MR) is 98.9 cm³/mol. The van der Waals surface area contributed by atoms with Gasteiger partial charge in [-0.15, -0.1) is 0 Å². The average molecular weight is 355 g/mol. The zero-order valence-corrected chi connectivity index (χ0v) is 15.4. The number of carbonyl (C=O) groups is 1. The first-order valence-corrected chi connectivity index (χ1v) is 8.93. The third-order valence-electron chi connectivity index (χ3n) is 3.66. The summed E-state index contributed by atoms with van der Waals surface area (Å²) in [7, 11) is 1.63. The lowest BCUT2D eigenvalue weighted by Crippen LogP contribution is -2.27. The minimum atomic E-state index is -0.0663. The second-order valence-corrected chi connectivity index (χ2v) is 6.57. The number of thioether (sulfide) groups is 1. The van der Waals surface area contributed by atoms with Crippen LogP contribution in [0.15, 0.2) is 35.4 Å². The van der Waals surface area contributed by atoms with Gasteiger partial charge in [0.05, 0.1) is 18.4 Å². The lowest BCUT2D eigenvalue weighted by atomic mass is 10.1.